The van der Waals surface area contributed by atoms with Crippen LogP contribution in [-0.2, 0) is 11.8 Å². The lowest BCUT2D eigenvalue weighted by Crippen LogP contribution is -2.32. The van der Waals surface area contributed by atoms with Gasteiger partial charge in [-0.2, -0.15) is 0 Å². The molecular formula is C34H42. The second-order valence-corrected chi connectivity index (χ2v) is 8.67. The van der Waals surface area contributed by atoms with Crippen molar-refractivity contribution in [3.8, 4) is 0 Å². The third kappa shape index (κ3) is 6.26. The lowest BCUT2D eigenvalue weighted by molar-refractivity contribution is 0.612. The summed E-state index contributed by atoms with van der Waals surface area (Å²) in [4.78, 5) is 0. The molecule has 34 heavy (non-hydrogen) atoms. The van der Waals surface area contributed by atoms with Gasteiger partial charge in [-0.15, -0.1) is 0 Å². The molecule has 0 bridgehead atoms. The molecule has 4 aromatic rings. The fraction of sp³-hybridized carbons (Fsp3) is 0.294. The summed E-state index contributed by atoms with van der Waals surface area (Å²) in [5.41, 5.74) is 10.3. The van der Waals surface area contributed by atoms with Gasteiger partial charge < -0.3 is 0 Å². The summed E-state index contributed by atoms with van der Waals surface area (Å²) in [5, 5.41) is 0. The molecule has 4 rings (SSSR count). The molecule has 0 aliphatic heterocycles. The van der Waals surface area contributed by atoms with Gasteiger partial charge in [0, 0.05) is 5.41 Å². The third-order valence-corrected chi connectivity index (χ3v) is 6.22. The van der Waals surface area contributed by atoms with Crippen LogP contribution in [0.2, 0.25) is 0 Å². The number of benzene rings is 4. The van der Waals surface area contributed by atoms with Crippen molar-refractivity contribution in [2.24, 2.45) is 0 Å². The lowest BCUT2D eigenvalue weighted by Gasteiger charge is -2.37. The summed E-state index contributed by atoms with van der Waals surface area (Å²) in [7, 11) is 0. The molecule has 178 valence electrons. The fourth-order valence-corrected chi connectivity index (χ4v) is 4.33. The SMILES string of the molecule is CC.CC.Cc1ccc(CC(c2ccc(C)cc2)(c2ccc(C)cc2)c2ccc(C)cc2)cc1. The molecule has 0 spiro atoms. The minimum absolute atomic E-state index is 0.246. The first-order valence-electron chi connectivity index (χ1n) is 12.7. The lowest BCUT2D eigenvalue weighted by atomic mass is 9.66. The van der Waals surface area contributed by atoms with Crippen molar-refractivity contribution in [2.45, 2.75) is 67.2 Å². The van der Waals surface area contributed by atoms with E-state index in [-0.39, 0.29) is 5.41 Å². The van der Waals surface area contributed by atoms with Crippen molar-refractivity contribution in [1.29, 1.82) is 0 Å². The Morgan fingerprint density at radius 2 is 0.618 bits per heavy atom. The molecule has 0 nitrogen and oxygen atoms in total. The highest BCUT2D eigenvalue weighted by Crippen LogP contribution is 2.42. The van der Waals surface area contributed by atoms with Crippen molar-refractivity contribution in [3.63, 3.8) is 0 Å². The van der Waals surface area contributed by atoms with Crippen LogP contribution in [-0.4, -0.2) is 0 Å². The van der Waals surface area contributed by atoms with Crippen LogP contribution in [0.4, 0.5) is 0 Å². The standard InChI is InChI=1S/C30H30.2C2H6/c1-22-5-13-26(14-6-22)21-30(27-15-7-23(2)8-16-27,28-17-9-24(3)10-18-28)29-19-11-25(4)12-20-29;2*1-2/h5-20H,21H2,1-4H3;2*1-2H3. The zero-order valence-electron chi connectivity index (χ0n) is 22.4. The molecule has 0 aliphatic carbocycles. The van der Waals surface area contributed by atoms with E-state index in [1.807, 2.05) is 27.7 Å². The topological polar surface area (TPSA) is 0 Å². The van der Waals surface area contributed by atoms with E-state index in [2.05, 4.69) is 125 Å². The van der Waals surface area contributed by atoms with Gasteiger partial charge in [0.1, 0.15) is 0 Å². The highest BCUT2D eigenvalue weighted by atomic mass is 14.4. The maximum Gasteiger partial charge on any atom is 0.0491 e. The minimum Gasteiger partial charge on any atom is -0.0683 e. The van der Waals surface area contributed by atoms with Gasteiger partial charge in [-0.1, -0.05) is 147 Å². The van der Waals surface area contributed by atoms with Crippen LogP contribution in [0.1, 0.15) is 72.2 Å². The predicted octanol–water partition coefficient (Wildman–Crippen LogP) is 9.55. The summed E-state index contributed by atoms with van der Waals surface area (Å²) in [5.74, 6) is 0. The molecule has 0 heteroatoms. The van der Waals surface area contributed by atoms with Crippen molar-refractivity contribution < 1.29 is 0 Å². The van der Waals surface area contributed by atoms with E-state index in [0.29, 0.717) is 0 Å². The molecule has 0 N–H and O–H groups in total. The van der Waals surface area contributed by atoms with E-state index in [1.165, 1.54) is 44.5 Å². The Morgan fingerprint density at radius 3 is 0.882 bits per heavy atom. The maximum absolute atomic E-state index is 2.31. The van der Waals surface area contributed by atoms with Gasteiger partial charge in [-0.25, -0.2) is 0 Å². The quantitative estimate of drug-likeness (QED) is 0.265. The Balaban J connectivity index is 0.000000970. The summed E-state index contributed by atoms with van der Waals surface area (Å²) in [6.07, 6.45) is 0.919. The molecule has 0 fully saturated rings. The van der Waals surface area contributed by atoms with E-state index in [0.717, 1.165) is 6.42 Å². The van der Waals surface area contributed by atoms with Gasteiger partial charge in [-0.05, 0) is 56.4 Å². The van der Waals surface area contributed by atoms with E-state index in [4.69, 9.17) is 0 Å². The summed E-state index contributed by atoms with van der Waals surface area (Å²) in [6, 6.07) is 36.3. The summed E-state index contributed by atoms with van der Waals surface area (Å²) >= 11 is 0. The molecular weight excluding hydrogens is 408 g/mol. The van der Waals surface area contributed by atoms with Gasteiger partial charge in [0.25, 0.3) is 0 Å². The van der Waals surface area contributed by atoms with Crippen LogP contribution in [0.3, 0.4) is 0 Å². The van der Waals surface area contributed by atoms with Gasteiger partial charge in [-0.3, -0.25) is 0 Å². The Bertz CT molecular complexity index is 986. The molecule has 0 saturated carbocycles. The van der Waals surface area contributed by atoms with Gasteiger partial charge in [0.15, 0.2) is 0 Å². The minimum atomic E-state index is -0.246. The van der Waals surface area contributed by atoms with Crippen LogP contribution < -0.4 is 0 Å². The summed E-state index contributed by atoms with van der Waals surface area (Å²) < 4.78 is 0. The van der Waals surface area contributed by atoms with Gasteiger partial charge in [0.2, 0.25) is 0 Å². The first-order valence-corrected chi connectivity index (χ1v) is 12.7. The van der Waals surface area contributed by atoms with Crippen molar-refractivity contribution >= 4 is 0 Å². The smallest absolute Gasteiger partial charge is 0.0491 e. The zero-order chi connectivity index (χ0) is 25.1. The molecule has 0 amide bonds. The average Bonchev–Trinajstić information content (AvgIpc) is 2.88. The first-order chi connectivity index (χ1) is 16.5. The van der Waals surface area contributed by atoms with Crippen LogP contribution in [0.15, 0.2) is 97.1 Å². The largest absolute Gasteiger partial charge is 0.0683 e. The van der Waals surface area contributed by atoms with Gasteiger partial charge in [0.05, 0.1) is 0 Å². The van der Waals surface area contributed by atoms with E-state index >= 15 is 0 Å². The number of rotatable bonds is 5. The molecule has 0 heterocycles. The normalized spacial score (nSPS) is 10.5. The maximum atomic E-state index is 2.31. The molecule has 0 atom stereocenters. The Hall–Kier alpha value is -3.12. The zero-order valence-corrected chi connectivity index (χ0v) is 22.4. The molecule has 0 aromatic heterocycles. The highest BCUT2D eigenvalue weighted by Gasteiger charge is 2.36. The Labute approximate surface area is 208 Å². The predicted molar refractivity (Wildman–Crippen MR) is 151 cm³/mol. The number of aryl methyl sites for hydroxylation is 4. The molecule has 0 radical (unpaired) electrons. The van der Waals surface area contributed by atoms with E-state index in [1.54, 1.807) is 0 Å². The van der Waals surface area contributed by atoms with Crippen molar-refractivity contribution in [2.75, 3.05) is 0 Å². The molecule has 4 aromatic carbocycles. The Morgan fingerprint density at radius 1 is 0.382 bits per heavy atom. The van der Waals surface area contributed by atoms with Crippen LogP contribution in [0.5, 0.6) is 0 Å². The van der Waals surface area contributed by atoms with Crippen molar-refractivity contribution in [1.82, 2.24) is 0 Å². The third-order valence-electron chi connectivity index (χ3n) is 6.22. The fourth-order valence-electron chi connectivity index (χ4n) is 4.33. The van der Waals surface area contributed by atoms with E-state index < -0.39 is 0 Å². The van der Waals surface area contributed by atoms with Gasteiger partial charge >= 0.3 is 0 Å². The number of hydrogen-bond donors (Lipinski definition) is 0. The van der Waals surface area contributed by atoms with Crippen LogP contribution >= 0.6 is 0 Å². The second-order valence-electron chi connectivity index (χ2n) is 8.67. The van der Waals surface area contributed by atoms with Crippen LogP contribution in [0.25, 0.3) is 0 Å². The average molecular weight is 451 g/mol. The monoisotopic (exact) mass is 450 g/mol. The van der Waals surface area contributed by atoms with Crippen molar-refractivity contribution in [3.05, 3.63) is 142 Å². The van der Waals surface area contributed by atoms with Crippen LogP contribution in [0, 0.1) is 27.7 Å². The Kier molecular flexibility index (Phi) is 10.3. The summed E-state index contributed by atoms with van der Waals surface area (Å²) in [6.45, 7) is 16.6. The molecule has 0 unspecified atom stereocenters. The second kappa shape index (κ2) is 12.9. The molecule has 0 aliphatic rings. The first kappa shape index (κ1) is 27.1. The molecule has 0 saturated heterocycles. The number of hydrogen-bond acceptors (Lipinski definition) is 0. The van der Waals surface area contributed by atoms with E-state index in [9.17, 15) is 0 Å². The highest BCUT2D eigenvalue weighted by molar-refractivity contribution is 5.53.